The number of hydrogen-bond donors (Lipinski definition) is 2. The average molecular weight is 290 g/mol. The third-order valence-electron chi connectivity index (χ3n) is 2.90. The van der Waals surface area contributed by atoms with E-state index in [2.05, 4.69) is 30.9 Å². The molecule has 0 aliphatic rings. The summed E-state index contributed by atoms with van der Waals surface area (Å²) in [5.41, 5.74) is 3.71. The van der Waals surface area contributed by atoms with Crippen LogP contribution in [0.2, 0.25) is 0 Å². The molecule has 3 nitrogen and oxygen atoms in total. The van der Waals surface area contributed by atoms with Crippen LogP contribution >= 0.6 is 0 Å². The number of benzene rings is 1. The van der Waals surface area contributed by atoms with Crippen LogP contribution in [0.25, 0.3) is 0 Å². The van der Waals surface area contributed by atoms with Gasteiger partial charge in [-0.05, 0) is 36.0 Å². The first kappa shape index (κ1) is 16.8. The molecule has 0 aromatic heterocycles. The SMILES string of the molecule is CC(C)(C)CCC(NN)c1ccc(OC(F)(F)F)cc1. The van der Waals surface area contributed by atoms with Crippen LogP contribution in [0.15, 0.2) is 24.3 Å². The van der Waals surface area contributed by atoms with Crippen molar-refractivity contribution in [1.82, 2.24) is 5.43 Å². The molecule has 0 fully saturated rings. The first-order chi connectivity index (χ1) is 9.11. The lowest BCUT2D eigenvalue weighted by Crippen LogP contribution is -2.29. The van der Waals surface area contributed by atoms with E-state index in [1.54, 1.807) is 12.1 Å². The van der Waals surface area contributed by atoms with Crippen LogP contribution in [-0.2, 0) is 0 Å². The molecule has 0 radical (unpaired) electrons. The van der Waals surface area contributed by atoms with Gasteiger partial charge in [-0.15, -0.1) is 13.2 Å². The Morgan fingerprint density at radius 1 is 1.15 bits per heavy atom. The Labute approximate surface area is 117 Å². The first-order valence-corrected chi connectivity index (χ1v) is 6.42. The molecule has 1 atom stereocenters. The number of alkyl halides is 3. The molecular weight excluding hydrogens is 269 g/mol. The van der Waals surface area contributed by atoms with E-state index in [4.69, 9.17) is 5.84 Å². The number of nitrogens with two attached hydrogens (primary N) is 1. The summed E-state index contributed by atoms with van der Waals surface area (Å²) in [6, 6.07) is 5.69. The molecule has 0 saturated carbocycles. The molecule has 0 aliphatic carbocycles. The summed E-state index contributed by atoms with van der Waals surface area (Å²) in [4.78, 5) is 0. The summed E-state index contributed by atoms with van der Waals surface area (Å²) in [7, 11) is 0. The Balaban J connectivity index is 2.70. The predicted octanol–water partition coefficient (Wildman–Crippen LogP) is 3.92. The largest absolute Gasteiger partial charge is 0.573 e. The lowest BCUT2D eigenvalue weighted by Gasteiger charge is -2.23. The Morgan fingerprint density at radius 3 is 2.10 bits per heavy atom. The van der Waals surface area contributed by atoms with Gasteiger partial charge in [-0.1, -0.05) is 32.9 Å². The van der Waals surface area contributed by atoms with Crippen molar-refractivity contribution < 1.29 is 17.9 Å². The van der Waals surface area contributed by atoms with Crippen LogP contribution in [0.1, 0.15) is 45.2 Å². The highest BCUT2D eigenvalue weighted by Crippen LogP contribution is 2.29. The van der Waals surface area contributed by atoms with E-state index < -0.39 is 6.36 Å². The minimum absolute atomic E-state index is 0.0887. The van der Waals surface area contributed by atoms with Crippen molar-refractivity contribution in [1.29, 1.82) is 0 Å². The molecule has 1 unspecified atom stereocenters. The lowest BCUT2D eigenvalue weighted by atomic mass is 9.87. The van der Waals surface area contributed by atoms with Crippen molar-refractivity contribution in [3.63, 3.8) is 0 Å². The lowest BCUT2D eigenvalue weighted by molar-refractivity contribution is -0.274. The minimum atomic E-state index is -4.67. The van der Waals surface area contributed by atoms with Gasteiger partial charge in [0, 0.05) is 6.04 Å². The van der Waals surface area contributed by atoms with Gasteiger partial charge in [0.25, 0.3) is 0 Å². The summed E-state index contributed by atoms with van der Waals surface area (Å²) in [5.74, 6) is 5.28. The Morgan fingerprint density at radius 2 is 1.70 bits per heavy atom. The van der Waals surface area contributed by atoms with Crippen LogP contribution in [-0.4, -0.2) is 6.36 Å². The number of ether oxygens (including phenoxy) is 1. The third kappa shape index (κ3) is 6.25. The molecule has 3 N–H and O–H groups in total. The molecule has 0 amide bonds. The topological polar surface area (TPSA) is 47.3 Å². The molecule has 1 aromatic rings. The highest BCUT2D eigenvalue weighted by Gasteiger charge is 2.31. The predicted molar refractivity (Wildman–Crippen MR) is 71.9 cm³/mol. The summed E-state index contributed by atoms with van der Waals surface area (Å²) >= 11 is 0. The van der Waals surface area contributed by atoms with Crippen molar-refractivity contribution in [2.24, 2.45) is 11.3 Å². The molecular formula is C14H21F3N2O. The zero-order valence-electron chi connectivity index (χ0n) is 11.9. The van der Waals surface area contributed by atoms with E-state index in [0.717, 1.165) is 18.4 Å². The van der Waals surface area contributed by atoms with Gasteiger partial charge in [0.05, 0.1) is 0 Å². The van der Waals surface area contributed by atoms with Gasteiger partial charge in [-0.3, -0.25) is 11.3 Å². The summed E-state index contributed by atoms with van der Waals surface area (Å²) in [5, 5.41) is 0. The number of hydrazine groups is 1. The maximum atomic E-state index is 12.1. The summed E-state index contributed by atoms with van der Waals surface area (Å²) in [6.07, 6.45) is -2.92. The van der Waals surface area contributed by atoms with Crippen LogP contribution < -0.4 is 16.0 Å². The van der Waals surface area contributed by atoms with Crippen molar-refractivity contribution in [2.45, 2.75) is 46.0 Å². The van der Waals surface area contributed by atoms with Crippen molar-refractivity contribution in [2.75, 3.05) is 0 Å². The highest BCUT2D eigenvalue weighted by molar-refractivity contribution is 5.29. The third-order valence-corrected chi connectivity index (χ3v) is 2.90. The Bertz CT molecular complexity index is 410. The van der Waals surface area contributed by atoms with E-state index >= 15 is 0 Å². The van der Waals surface area contributed by atoms with E-state index in [1.807, 2.05) is 0 Å². The van der Waals surface area contributed by atoms with Crippen LogP contribution in [0.4, 0.5) is 13.2 Å². The zero-order chi connectivity index (χ0) is 15.4. The molecule has 1 rings (SSSR count). The van der Waals surface area contributed by atoms with Crippen molar-refractivity contribution in [3.05, 3.63) is 29.8 Å². The maximum absolute atomic E-state index is 12.1. The fraction of sp³-hybridized carbons (Fsp3) is 0.571. The van der Waals surface area contributed by atoms with E-state index in [1.165, 1.54) is 12.1 Å². The monoisotopic (exact) mass is 290 g/mol. The second-order valence-electron chi connectivity index (χ2n) is 5.94. The van der Waals surface area contributed by atoms with Crippen LogP contribution in [0.5, 0.6) is 5.75 Å². The van der Waals surface area contributed by atoms with E-state index in [9.17, 15) is 13.2 Å². The Hall–Kier alpha value is -1.27. The summed E-state index contributed by atoms with van der Waals surface area (Å²) < 4.78 is 40.0. The fourth-order valence-electron chi connectivity index (χ4n) is 1.83. The first-order valence-electron chi connectivity index (χ1n) is 6.42. The van der Waals surface area contributed by atoms with Crippen LogP contribution in [0.3, 0.4) is 0 Å². The minimum Gasteiger partial charge on any atom is -0.406 e. The summed E-state index contributed by atoms with van der Waals surface area (Å²) in [6.45, 7) is 6.38. The second kappa shape index (κ2) is 6.45. The average Bonchev–Trinajstić information content (AvgIpc) is 2.28. The molecule has 6 heteroatoms. The molecule has 0 spiro atoms. The van der Waals surface area contributed by atoms with Crippen LogP contribution in [0, 0.1) is 5.41 Å². The molecule has 0 aliphatic heterocycles. The van der Waals surface area contributed by atoms with Gasteiger partial charge in [0.15, 0.2) is 0 Å². The van der Waals surface area contributed by atoms with Crippen molar-refractivity contribution >= 4 is 0 Å². The highest BCUT2D eigenvalue weighted by atomic mass is 19.4. The molecule has 1 aromatic carbocycles. The number of nitrogens with one attached hydrogen (secondary N) is 1. The van der Waals surface area contributed by atoms with E-state index in [-0.39, 0.29) is 17.2 Å². The number of rotatable bonds is 5. The normalized spacial score (nSPS) is 14.2. The molecule has 0 heterocycles. The molecule has 0 bridgehead atoms. The number of hydrogen-bond acceptors (Lipinski definition) is 3. The molecule has 20 heavy (non-hydrogen) atoms. The second-order valence-corrected chi connectivity index (χ2v) is 5.94. The van der Waals surface area contributed by atoms with E-state index in [0.29, 0.717) is 0 Å². The fourth-order valence-corrected chi connectivity index (χ4v) is 1.83. The van der Waals surface area contributed by atoms with Gasteiger partial charge in [-0.2, -0.15) is 0 Å². The van der Waals surface area contributed by atoms with Gasteiger partial charge < -0.3 is 4.74 Å². The number of halogens is 3. The van der Waals surface area contributed by atoms with Crippen molar-refractivity contribution in [3.8, 4) is 5.75 Å². The zero-order valence-corrected chi connectivity index (χ0v) is 11.9. The van der Waals surface area contributed by atoms with Gasteiger partial charge >= 0.3 is 6.36 Å². The molecule has 114 valence electrons. The van der Waals surface area contributed by atoms with Gasteiger partial charge in [0.1, 0.15) is 5.75 Å². The Kier molecular flexibility index (Phi) is 5.42. The maximum Gasteiger partial charge on any atom is 0.573 e. The van der Waals surface area contributed by atoms with Gasteiger partial charge in [-0.25, -0.2) is 0 Å². The quantitative estimate of drug-likeness (QED) is 0.638. The standard InChI is InChI=1S/C14H21F3N2O/c1-13(2,3)9-8-12(19-18)10-4-6-11(7-5-10)20-14(15,16)17/h4-7,12,19H,8-9,18H2,1-3H3. The van der Waals surface area contributed by atoms with Gasteiger partial charge in [0.2, 0.25) is 0 Å². The molecule has 0 saturated heterocycles. The smallest absolute Gasteiger partial charge is 0.406 e.